The number of nitrogens with one attached hydrogen (secondary N) is 1. The van der Waals surface area contributed by atoms with E-state index in [-0.39, 0.29) is 0 Å². The van der Waals surface area contributed by atoms with Gasteiger partial charge in [0.15, 0.2) is 0 Å². The van der Waals surface area contributed by atoms with Crippen LogP contribution in [0, 0.1) is 11.8 Å². The molecule has 1 atom stereocenters. The van der Waals surface area contributed by atoms with Gasteiger partial charge < -0.3 is 5.32 Å². The van der Waals surface area contributed by atoms with Gasteiger partial charge in [0.05, 0.1) is 0 Å². The predicted octanol–water partition coefficient (Wildman–Crippen LogP) is 4.41. The lowest BCUT2D eigenvalue weighted by Gasteiger charge is -2.24. The van der Waals surface area contributed by atoms with Crippen LogP contribution in [0.2, 0.25) is 0 Å². The average molecular weight is 267 g/mol. The van der Waals surface area contributed by atoms with Gasteiger partial charge in [-0.05, 0) is 48.2 Å². The molecule has 1 saturated carbocycles. The monoisotopic (exact) mass is 267 g/mol. The van der Waals surface area contributed by atoms with Crippen molar-refractivity contribution in [3.63, 3.8) is 0 Å². The van der Waals surface area contributed by atoms with Crippen LogP contribution in [0.25, 0.3) is 10.8 Å². The standard InChI is InChI=1S/C19H25N/c1-20-14-18(15-7-2-3-8-15)13-17-11-6-10-16-9-4-5-12-19(16)17/h4-6,9-12,15,18,20H,2-3,7-8,13-14H2,1H3. The molecule has 1 heteroatoms. The van der Waals surface area contributed by atoms with Crippen LogP contribution in [0.15, 0.2) is 42.5 Å². The lowest BCUT2D eigenvalue weighted by Crippen LogP contribution is -2.26. The van der Waals surface area contributed by atoms with E-state index in [1.54, 1.807) is 0 Å². The maximum Gasteiger partial charge on any atom is -0.00177 e. The quantitative estimate of drug-likeness (QED) is 0.846. The van der Waals surface area contributed by atoms with E-state index >= 15 is 0 Å². The molecule has 1 unspecified atom stereocenters. The summed E-state index contributed by atoms with van der Waals surface area (Å²) >= 11 is 0. The van der Waals surface area contributed by atoms with E-state index in [9.17, 15) is 0 Å². The second-order valence-corrected chi connectivity index (χ2v) is 6.20. The molecule has 0 bridgehead atoms. The molecular weight excluding hydrogens is 242 g/mol. The molecular formula is C19H25N. The maximum absolute atomic E-state index is 3.41. The van der Waals surface area contributed by atoms with Gasteiger partial charge in [0.1, 0.15) is 0 Å². The molecule has 0 amide bonds. The molecule has 1 aliphatic rings. The number of hydrogen-bond donors (Lipinski definition) is 1. The van der Waals surface area contributed by atoms with Crippen molar-refractivity contribution in [2.45, 2.75) is 32.1 Å². The molecule has 1 N–H and O–H groups in total. The third-order valence-corrected chi connectivity index (χ3v) is 4.89. The van der Waals surface area contributed by atoms with Crippen molar-refractivity contribution in [2.24, 2.45) is 11.8 Å². The summed E-state index contributed by atoms with van der Waals surface area (Å²) in [6, 6.07) is 15.5. The summed E-state index contributed by atoms with van der Waals surface area (Å²) in [6.45, 7) is 1.15. The van der Waals surface area contributed by atoms with E-state index in [0.29, 0.717) is 0 Å². The van der Waals surface area contributed by atoms with E-state index in [1.165, 1.54) is 48.4 Å². The van der Waals surface area contributed by atoms with E-state index < -0.39 is 0 Å². The summed E-state index contributed by atoms with van der Waals surface area (Å²) in [6.07, 6.45) is 6.93. The highest BCUT2D eigenvalue weighted by Crippen LogP contribution is 2.34. The minimum absolute atomic E-state index is 0.785. The predicted molar refractivity (Wildman–Crippen MR) is 87.0 cm³/mol. The van der Waals surface area contributed by atoms with E-state index in [4.69, 9.17) is 0 Å². The zero-order chi connectivity index (χ0) is 13.8. The summed E-state index contributed by atoms with van der Waals surface area (Å²) in [4.78, 5) is 0. The Bertz CT molecular complexity index is 549. The van der Waals surface area contributed by atoms with E-state index in [2.05, 4.69) is 54.8 Å². The first-order chi connectivity index (χ1) is 9.88. The first kappa shape index (κ1) is 13.6. The Labute approximate surface area is 122 Å². The fraction of sp³-hybridized carbons (Fsp3) is 0.474. The van der Waals surface area contributed by atoms with Gasteiger partial charge in [-0.3, -0.25) is 0 Å². The minimum atomic E-state index is 0.785. The normalized spacial score (nSPS) is 17.6. The van der Waals surface area contributed by atoms with Crippen molar-refractivity contribution in [1.29, 1.82) is 0 Å². The lowest BCUT2D eigenvalue weighted by molar-refractivity contribution is 0.329. The van der Waals surface area contributed by atoms with Crippen LogP contribution in [0.4, 0.5) is 0 Å². The number of hydrogen-bond acceptors (Lipinski definition) is 1. The summed E-state index contributed by atoms with van der Waals surface area (Å²) in [5, 5.41) is 6.23. The van der Waals surface area contributed by atoms with Gasteiger partial charge in [0.2, 0.25) is 0 Å². The SMILES string of the molecule is CNCC(Cc1cccc2ccccc12)C1CCCC1. The largest absolute Gasteiger partial charge is 0.319 e. The molecule has 3 rings (SSSR count). The zero-order valence-electron chi connectivity index (χ0n) is 12.4. The molecule has 1 nitrogen and oxygen atoms in total. The van der Waals surface area contributed by atoms with Gasteiger partial charge in [-0.1, -0.05) is 68.1 Å². The molecule has 0 aliphatic heterocycles. The molecule has 20 heavy (non-hydrogen) atoms. The fourth-order valence-corrected chi connectivity index (χ4v) is 3.85. The van der Waals surface area contributed by atoms with E-state index in [1.807, 2.05) is 0 Å². The first-order valence-electron chi connectivity index (χ1n) is 7.99. The summed E-state index contributed by atoms with van der Waals surface area (Å²) < 4.78 is 0. The molecule has 0 saturated heterocycles. The van der Waals surface area contributed by atoms with Crippen molar-refractivity contribution in [3.05, 3.63) is 48.0 Å². The van der Waals surface area contributed by atoms with Crippen molar-refractivity contribution in [3.8, 4) is 0 Å². The fourth-order valence-electron chi connectivity index (χ4n) is 3.85. The van der Waals surface area contributed by atoms with Gasteiger partial charge in [-0.25, -0.2) is 0 Å². The smallest absolute Gasteiger partial charge is 0.00177 e. The highest BCUT2D eigenvalue weighted by Gasteiger charge is 2.24. The second kappa shape index (κ2) is 6.41. The third-order valence-electron chi connectivity index (χ3n) is 4.89. The highest BCUT2D eigenvalue weighted by molar-refractivity contribution is 5.85. The molecule has 0 aromatic heterocycles. The third kappa shape index (κ3) is 2.88. The highest BCUT2D eigenvalue weighted by atomic mass is 14.8. The molecule has 2 aromatic rings. The summed E-state index contributed by atoms with van der Waals surface area (Å²) in [5.74, 6) is 1.70. The topological polar surface area (TPSA) is 12.0 Å². The van der Waals surface area contributed by atoms with Crippen LogP contribution in [0.3, 0.4) is 0 Å². The number of rotatable bonds is 5. The van der Waals surface area contributed by atoms with Gasteiger partial charge in [-0.2, -0.15) is 0 Å². The molecule has 106 valence electrons. The Morgan fingerprint density at radius 3 is 2.60 bits per heavy atom. The van der Waals surface area contributed by atoms with Crippen LogP contribution in [0.1, 0.15) is 31.2 Å². The second-order valence-electron chi connectivity index (χ2n) is 6.20. The Morgan fingerprint density at radius 2 is 1.80 bits per heavy atom. The van der Waals surface area contributed by atoms with Crippen molar-refractivity contribution < 1.29 is 0 Å². The lowest BCUT2D eigenvalue weighted by atomic mass is 9.84. The molecule has 0 heterocycles. The molecule has 1 aliphatic carbocycles. The van der Waals surface area contributed by atoms with Crippen LogP contribution in [-0.4, -0.2) is 13.6 Å². The molecule has 2 aromatic carbocycles. The van der Waals surface area contributed by atoms with Crippen molar-refractivity contribution in [2.75, 3.05) is 13.6 Å². The number of fused-ring (bicyclic) bond motifs is 1. The maximum atomic E-state index is 3.41. The van der Waals surface area contributed by atoms with Crippen molar-refractivity contribution >= 4 is 10.8 Å². The molecule has 1 fully saturated rings. The van der Waals surface area contributed by atoms with Gasteiger partial charge in [0.25, 0.3) is 0 Å². The Balaban J connectivity index is 1.86. The van der Waals surface area contributed by atoms with Crippen LogP contribution in [0.5, 0.6) is 0 Å². The van der Waals surface area contributed by atoms with Crippen molar-refractivity contribution in [1.82, 2.24) is 5.32 Å². The van der Waals surface area contributed by atoms with Gasteiger partial charge >= 0.3 is 0 Å². The molecule has 0 spiro atoms. The summed E-state index contributed by atoms with van der Waals surface area (Å²) in [5.41, 5.74) is 1.52. The van der Waals surface area contributed by atoms with Gasteiger partial charge in [0, 0.05) is 0 Å². The Hall–Kier alpha value is -1.34. The summed E-state index contributed by atoms with van der Waals surface area (Å²) in [7, 11) is 2.09. The van der Waals surface area contributed by atoms with Gasteiger partial charge in [-0.15, -0.1) is 0 Å². The Morgan fingerprint density at radius 1 is 1.05 bits per heavy atom. The van der Waals surface area contributed by atoms with Crippen LogP contribution in [-0.2, 0) is 6.42 Å². The first-order valence-corrected chi connectivity index (χ1v) is 7.99. The Kier molecular flexibility index (Phi) is 4.37. The number of benzene rings is 2. The molecule has 0 radical (unpaired) electrons. The van der Waals surface area contributed by atoms with Crippen LogP contribution < -0.4 is 5.32 Å². The average Bonchev–Trinajstić information content (AvgIpc) is 3.01. The minimum Gasteiger partial charge on any atom is -0.319 e. The van der Waals surface area contributed by atoms with E-state index in [0.717, 1.165) is 18.4 Å². The van der Waals surface area contributed by atoms with Crippen LogP contribution >= 0.6 is 0 Å². The zero-order valence-corrected chi connectivity index (χ0v) is 12.4.